The van der Waals surface area contributed by atoms with Gasteiger partial charge in [0.2, 0.25) is 0 Å². The maximum absolute atomic E-state index is 13.0. The molecule has 9 heteroatoms. The molecule has 2 unspecified atom stereocenters. The van der Waals surface area contributed by atoms with Crippen molar-refractivity contribution in [3.63, 3.8) is 0 Å². The summed E-state index contributed by atoms with van der Waals surface area (Å²) in [6, 6.07) is 6.00. The summed E-state index contributed by atoms with van der Waals surface area (Å²) in [7, 11) is 0. The van der Waals surface area contributed by atoms with Gasteiger partial charge in [0.1, 0.15) is 5.75 Å². The van der Waals surface area contributed by atoms with Gasteiger partial charge in [-0.1, -0.05) is 12.1 Å². The van der Waals surface area contributed by atoms with Crippen LogP contribution in [0.2, 0.25) is 0 Å². The number of aromatic nitrogens is 3. The van der Waals surface area contributed by atoms with Crippen molar-refractivity contribution in [1.82, 2.24) is 19.9 Å². The van der Waals surface area contributed by atoms with E-state index >= 15 is 0 Å². The summed E-state index contributed by atoms with van der Waals surface area (Å²) in [4.78, 5) is 14.7. The summed E-state index contributed by atoms with van der Waals surface area (Å²) in [6.07, 6.45) is 1.81. The van der Waals surface area contributed by atoms with E-state index in [0.717, 1.165) is 12.8 Å². The van der Waals surface area contributed by atoms with E-state index in [-0.39, 0.29) is 23.4 Å². The third-order valence-electron chi connectivity index (χ3n) is 4.91. The predicted molar refractivity (Wildman–Crippen MR) is 95.0 cm³/mol. The number of likely N-dealkylation sites (tertiary alicyclic amines) is 1. The maximum Gasteiger partial charge on any atom is 0.387 e. The van der Waals surface area contributed by atoms with Crippen LogP contribution in [0.1, 0.15) is 35.9 Å². The summed E-state index contributed by atoms with van der Waals surface area (Å²) in [5, 5.41) is 8.11. The van der Waals surface area contributed by atoms with Gasteiger partial charge in [-0.15, -0.1) is 5.10 Å². The molecule has 0 spiro atoms. The predicted octanol–water partition coefficient (Wildman–Crippen LogP) is 2.38. The van der Waals surface area contributed by atoms with E-state index in [4.69, 9.17) is 5.73 Å². The fourth-order valence-electron chi connectivity index (χ4n) is 3.42. The molecule has 1 aliphatic heterocycles. The number of halogens is 2. The van der Waals surface area contributed by atoms with Crippen LogP contribution >= 0.6 is 0 Å². The van der Waals surface area contributed by atoms with Crippen LogP contribution in [0.4, 0.5) is 8.78 Å². The summed E-state index contributed by atoms with van der Waals surface area (Å²) in [5.74, 6) is 0.406. The molecule has 1 amide bonds. The number of piperidine rings is 1. The van der Waals surface area contributed by atoms with Gasteiger partial charge in [0, 0.05) is 19.1 Å². The fraction of sp³-hybridized carbons (Fsp3) is 0.500. The van der Waals surface area contributed by atoms with Gasteiger partial charge in [-0.3, -0.25) is 4.79 Å². The molecular formula is C18H23F2N5O2. The van der Waals surface area contributed by atoms with E-state index < -0.39 is 6.61 Å². The molecule has 1 aromatic carbocycles. The number of ether oxygens (including phenoxy) is 1. The largest absolute Gasteiger partial charge is 0.435 e. The highest BCUT2D eigenvalue weighted by Gasteiger charge is 2.32. The van der Waals surface area contributed by atoms with Crippen LogP contribution in [0.3, 0.4) is 0 Å². The van der Waals surface area contributed by atoms with E-state index in [9.17, 15) is 13.6 Å². The van der Waals surface area contributed by atoms with Crippen LogP contribution in [0.5, 0.6) is 5.75 Å². The van der Waals surface area contributed by atoms with Crippen LogP contribution in [0.25, 0.3) is 5.69 Å². The lowest BCUT2D eigenvalue weighted by atomic mass is 9.92. The Balaban J connectivity index is 1.81. The number of nitrogens with zero attached hydrogens (tertiary/aromatic N) is 4. The quantitative estimate of drug-likeness (QED) is 0.862. The third-order valence-corrected chi connectivity index (χ3v) is 4.91. The first-order valence-corrected chi connectivity index (χ1v) is 8.89. The Morgan fingerprint density at radius 1 is 1.37 bits per heavy atom. The van der Waals surface area contributed by atoms with Gasteiger partial charge in [0.15, 0.2) is 5.69 Å². The van der Waals surface area contributed by atoms with Crippen molar-refractivity contribution in [3.05, 3.63) is 35.7 Å². The molecule has 2 aromatic rings. The normalized spacial score (nSPS) is 20.1. The van der Waals surface area contributed by atoms with Crippen LogP contribution in [0.15, 0.2) is 24.3 Å². The lowest BCUT2D eigenvalue weighted by molar-refractivity contribution is -0.0498. The highest BCUT2D eigenvalue weighted by Crippen LogP contribution is 2.25. The van der Waals surface area contributed by atoms with Crippen molar-refractivity contribution in [2.45, 2.75) is 39.3 Å². The minimum Gasteiger partial charge on any atom is -0.435 e. The number of hydrogen-bond donors (Lipinski definition) is 1. The van der Waals surface area contributed by atoms with Crippen LogP contribution in [0, 0.1) is 12.8 Å². The van der Waals surface area contributed by atoms with Crippen molar-refractivity contribution in [3.8, 4) is 11.4 Å². The van der Waals surface area contributed by atoms with Gasteiger partial charge >= 0.3 is 6.61 Å². The molecule has 0 radical (unpaired) electrons. The van der Waals surface area contributed by atoms with Gasteiger partial charge in [0.25, 0.3) is 5.91 Å². The Hall–Kier alpha value is -2.55. The van der Waals surface area contributed by atoms with E-state index in [0.29, 0.717) is 30.4 Å². The van der Waals surface area contributed by atoms with Gasteiger partial charge in [-0.05, 0) is 49.9 Å². The van der Waals surface area contributed by atoms with Crippen molar-refractivity contribution >= 4 is 5.91 Å². The second-order valence-corrected chi connectivity index (χ2v) is 6.83. The minimum absolute atomic E-state index is 0.00317. The van der Waals surface area contributed by atoms with E-state index in [1.165, 1.54) is 16.8 Å². The summed E-state index contributed by atoms with van der Waals surface area (Å²) in [6.45, 7) is 2.09. The number of benzene rings is 1. The Morgan fingerprint density at radius 3 is 2.70 bits per heavy atom. The molecule has 1 fully saturated rings. The Bertz CT molecular complexity index is 794. The molecule has 2 N–H and O–H groups in total. The highest BCUT2D eigenvalue weighted by molar-refractivity contribution is 5.93. The SMILES string of the molecule is Cc1c(C(=O)N2CCC(C)CC2CN)nnn1-c1ccc(OC(F)F)cc1. The average Bonchev–Trinajstić information content (AvgIpc) is 3.02. The standard InChI is InChI=1S/C18H23F2N5O2/c1-11-7-8-24(14(9-11)10-21)17(26)16-12(2)25(23-22-16)13-3-5-15(6-4-13)27-18(19)20/h3-6,11,14,18H,7-10,21H2,1-2H3. The summed E-state index contributed by atoms with van der Waals surface area (Å²) in [5.41, 5.74) is 7.31. The van der Waals surface area contributed by atoms with Crippen molar-refractivity contribution in [1.29, 1.82) is 0 Å². The number of carbonyl (C=O) groups excluding carboxylic acids is 1. The molecule has 0 saturated carbocycles. The smallest absolute Gasteiger partial charge is 0.387 e. The number of carbonyl (C=O) groups is 1. The number of hydrogen-bond acceptors (Lipinski definition) is 5. The van der Waals surface area contributed by atoms with Gasteiger partial charge < -0.3 is 15.4 Å². The number of rotatable bonds is 5. The molecule has 3 rings (SSSR count). The molecule has 1 saturated heterocycles. The second-order valence-electron chi connectivity index (χ2n) is 6.83. The molecule has 0 aliphatic carbocycles. The summed E-state index contributed by atoms with van der Waals surface area (Å²) >= 11 is 0. The average molecular weight is 379 g/mol. The van der Waals surface area contributed by atoms with Crippen LogP contribution in [-0.4, -0.2) is 51.5 Å². The summed E-state index contributed by atoms with van der Waals surface area (Å²) < 4.78 is 30.4. The minimum atomic E-state index is -2.88. The Morgan fingerprint density at radius 2 is 2.07 bits per heavy atom. The molecule has 146 valence electrons. The first kappa shape index (κ1) is 19.2. The van der Waals surface area contributed by atoms with Gasteiger partial charge in [-0.25, -0.2) is 4.68 Å². The topological polar surface area (TPSA) is 86.3 Å². The van der Waals surface area contributed by atoms with E-state index in [2.05, 4.69) is 22.0 Å². The van der Waals surface area contributed by atoms with Crippen molar-refractivity contribution < 1.29 is 18.3 Å². The fourth-order valence-corrected chi connectivity index (χ4v) is 3.42. The lowest BCUT2D eigenvalue weighted by Gasteiger charge is -2.37. The van der Waals surface area contributed by atoms with Gasteiger partial charge in [-0.2, -0.15) is 8.78 Å². The van der Waals surface area contributed by atoms with Crippen LogP contribution in [-0.2, 0) is 0 Å². The molecule has 1 aromatic heterocycles. The molecule has 0 bridgehead atoms. The van der Waals surface area contributed by atoms with E-state index in [1.807, 2.05) is 0 Å². The molecule has 2 heterocycles. The van der Waals surface area contributed by atoms with E-state index in [1.54, 1.807) is 24.0 Å². The molecular weight excluding hydrogens is 356 g/mol. The molecule has 2 atom stereocenters. The monoisotopic (exact) mass is 379 g/mol. The zero-order valence-electron chi connectivity index (χ0n) is 15.3. The third kappa shape index (κ3) is 4.08. The Kier molecular flexibility index (Phi) is 5.69. The molecule has 7 nitrogen and oxygen atoms in total. The zero-order valence-corrected chi connectivity index (χ0v) is 15.3. The lowest BCUT2D eigenvalue weighted by Crippen LogP contribution is -2.49. The van der Waals surface area contributed by atoms with Crippen LogP contribution < -0.4 is 10.5 Å². The second kappa shape index (κ2) is 7.99. The molecule has 1 aliphatic rings. The zero-order chi connectivity index (χ0) is 19.6. The van der Waals surface area contributed by atoms with Gasteiger partial charge in [0.05, 0.1) is 11.4 Å². The first-order chi connectivity index (χ1) is 12.9. The number of alkyl halides is 2. The highest BCUT2D eigenvalue weighted by atomic mass is 19.3. The van der Waals surface area contributed by atoms with Crippen molar-refractivity contribution in [2.24, 2.45) is 11.7 Å². The first-order valence-electron chi connectivity index (χ1n) is 8.89. The number of nitrogens with two attached hydrogens (primary N) is 1. The number of amides is 1. The molecule has 27 heavy (non-hydrogen) atoms. The van der Waals surface area contributed by atoms with Crippen molar-refractivity contribution in [2.75, 3.05) is 13.1 Å². The Labute approximate surface area is 156 Å². The maximum atomic E-state index is 13.0.